The summed E-state index contributed by atoms with van der Waals surface area (Å²) >= 11 is 18.2. The van der Waals surface area contributed by atoms with Gasteiger partial charge in [-0.2, -0.15) is 0 Å². The Morgan fingerprint density at radius 1 is 1.14 bits per heavy atom. The number of hydrogen-bond donors (Lipinski definition) is 1. The second-order valence-corrected chi connectivity index (χ2v) is 6.01. The maximum Gasteiger partial charge on any atom is 0.311 e. The molecule has 0 amide bonds. The highest BCUT2D eigenvalue weighted by Crippen LogP contribution is 2.31. The zero-order valence-corrected chi connectivity index (χ0v) is 13.5. The number of benzene rings is 2. The summed E-state index contributed by atoms with van der Waals surface area (Å²) in [5.74, 6) is -1.65. The highest BCUT2D eigenvalue weighted by Gasteiger charge is 2.22. The molecule has 0 spiro atoms. The third kappa shape index (κ3) is 3.70. The number of carboxylic acid groups (broad SMARTS) is 1. The van der Waals surface area contributed by atoms with Gasteiger partial charge in [0.2, 0.25) is 0 Å². The van der Waals surface area contributed by atoms with Crippen molar-refractivity contribution >= 4 is 40.8 Å². The minimum atomic E-state index is -0.925. The van der Waals surface area contributed by atoms with Crippen molar-refractivity contribution in [3.63, 3.8) is 0 Å². The van der Waals surface area contributed by atoms with E-state index in [1.807, 2.05) is 13.0 Å². The van der Waals surface area contributed by atoms with E-state index in [0.717, 1.165) is 5.56 Å². The smallest absolute Gasteiger partial charge is 0.311 e. The SMILES string of the molecule is Cc1ccc(C(Cc2cccc(Cl)c2Cl)C(=O)O)cc1Cl. The van der Waals surface area contributed by atoms with Crippen molar-refractivity contribution in [1.82, 2.24) is 0 Å². The van der Waals surface area contributed by atoms with Gasteiger partial charge in [-0.05, 0) is 42.2 Å². The molecule has 0 radical (unpaired) electrons. The first-order chi connectivity index (χ1) is 9.90. The molecule has 110 valence electrons. The second kappa shape index (κ2) is 6.69. The van der Waals surface area contributed by atoms with Gasteiger partial charge in [0.1, 0.15) is 0 Å². The van der Waals surface area contributed by atoms with Crippen LogP contribution in [0.25, 0.3) is 0 Å². The van der Waals surface area contributed by atoms with Crippen LogP contribution in [0.3, 0.4) is 0 Å². The second-order valence-electron chi connectivity index (χ2n) is 4.82. The number of aryl methyl sites for hydroxylation is 1. The molecule has 2 aromatic carbocycles. The largest absolute Gasteiger partial charge is 0.481 e. The van der Waals surface area contributed by atoms with Crippen molar-refractivity contribution in [3.05, 3.63) is 68.2 Å². The lowest BCUT2D eigenvalue weighted by molar-refractivity contribution is -0.138. The third-order valence-corrected chi connectivity index (χ3v) is 4.62. The Morgan fingerprint density at radius 2 is 1.86 bits per heavy atom. The molecule has 0 aliphatic carbocycles. The van der Waals surface area contributed by atoms with Crippen LogP contribution in [0.15, 0.2) is 36.4 Å². The van der Waals surface area contributed by atoms with E-state index >= 15 is 0 Å². The van der Waals surface area contributed by atoms with Crippen LogP contribution in [-0.2, 0) is 11.2 Å². The van der Waals surface area contributed by atoms with Crippen molar-refractivity contribution in [2.24, 2.45) is 0 Å². The average Bonchev–Trinajstić information content (AvgIpc) is 2.43. The van der Waals surface area contributed by atoms with Gasteiger partial charge in [0.25, 0.3) is 0 Å². The Labute approximate surface area is 138 Å². The molecule has 0 fully saturated rings. The summed E-state index contributed by atoms with van der Waals surface area (Å²) in [7, 11) is 0. The lowest BCUT2D eigenvalue weighted by Gasteiger charge is -2.15. The molecule has 1 atom stereocenters. The zero-order chi connectivity index (χ0) is 15.6. The molecule has 0 heterocycles. The summed E-state index contributed by atoms with van der Waals surface area (Å²) in [5, 5.41) is 10.9. The minimum absolute atomic E-state index is 0.258. The maximum absolute atomic E-state index is 11.6. The van der Waals surface area contributed by atoms with Crippen LogP contribution in [0.5, 0.6) is 0 Å². The fourth-order valence-corrected chi connectivity index (χ4v) is 2.69. The third-order valence-electron chi connectivity index (χ3n) is 3.35. The Kier molecular flexibility index (Phi) is 5.15. The van der Waals surface area contributed by atoms with Crippen LogP contribution in [0.4, 0.5) is 0 Å². The molecule has 2 rings (SSSR count). The molecular weight excluding hydrogens is 331 g/mol. The first kappa shape index (κ1) is 16.2. The Hall–Kier alpha value is -1.22. The number of rotatable bonds is 4. The van der Waals surface area contributed by atoms with Gasteiger partial charge in [0, 0.05) is 5.02 Å². The van der Waals surface area contributed by atoms with Gasteiger partial charge in [0.15, 0.2) is 0 Å². The van der Waals surface area contributed by atoms with Gasteiger partial charge in [-0.15, -0.1) is 0 Å². The summed E-state index contributed by atoms with van der Waals surface area (Å²) in [5.41, 5.74) is 2.26. The highest BCUT2D eigenvalue weighted by atomic mass is 35.5. The fourth-order valence-electron chi connectivity index (χ4n) is 2.10. The number of hydrogen-bond acceptors (Lipinski definition) is 1. The molecule has 0 aromatic heterocycles. The number of carbonyl (C=O) groups is 1. The number of halogens is 3. The Morgan fingerprint density at radius 3 is 2.48 bits per heavy atom. The van der Waals surface area contributed by atoms with E-state index in [2.05, 4.69) is 0 Å². The summed E-state index contributed by atoms with van der Waals surface area (Å²) in [6, 6.07) is 10.5. The first-order valence-electron chi connectivity index (χ1n) is 6.32. The molecule has 2 nitrogen and oxygen atoms in total. The summed E-state index contributed by atoms with van der Waals surface area (Å²) in [6.07, 6.45) is 0.258. The zero-order valence-electron chi connectivity index (χ0n) is 11.2. The molecular formula is C16H13Cl3O2. The van der Waals surface area contributed by atoms with E-state index in [4.69, 9.17) is 34.8 Å². The molecule has 0 saturated carbocycles. The van der Waals surface area contributed by atoms with Crippen LogP contribution in [-0.4, -0.2) is 11.1 Å². The van der Waals surface area contributed by atoms with E-state index in [1.165, 1.54) is 0 Å². The molecule has 0 bridgehead atoms. The van der Waals surface area contributed by atoms with Crippen molar-refractivity contribution in [2.75, 3.05) is 0 Å². The van der Waals surface area contributed by atoms with Crippen LogP contribution in [0.2, 0.25) is 15.1 Å². The molecule has 2 aromatic rings. The van der Waals surface area contributed by atoms with E-state index < -0.39 is 11.9 Å². The standard InChI is InChI=1S/C16H13Cl3O2/c1-9-5-6-10(8-14(9)18)12(16(20)21)7-11-3-2-4-13(17)15(11)19/h2-6,8,12H,7H2,1H3,(H,20,21). The molecule has 1 unspecified atom stereocenters. The first-order valence-corrected chi connectivity index (χ1v) is 7.45. The fraction of sp³-hybridized carbons (Fsp3) is 0.188. The van der Waals surface area contributed by atoms with E-state index in [0.29, 0.717) is 26.2 Å². The van der Waals surface area contributed by atoms with Gasteiger partial charge in [-0.25, -0.2) is 0 Å². The van der Waals surface area contributed by atoms with Crippen LogP contribution in [0.1, 0.15) is 22.6 Å². The molecule has 1 N–H and O–H groups in total. The maximum atomic E-state index is 11.6. The summed E-state index contributed by atoms with van der Waals surface area (Å²) in [4.78, 5) is 11.6. The normalized spacial score (nSPS) is 12.2. The van der Waals surface area contributed by atoms with Crippen LogP contribution >= 0.6 is 34.8 Å². The quantitative estimate of drug-likeness (QED) is 0.810. The topological polar surface area (TPSA) is 37.3 Å². The van der Waals surface area contributed by atoms with Gasteiger partial charge in [-0.1, -0.05) is 59.1 Å². The number of aliphatic carboxylic acids is 1. The van der Waals surface area contributed by atoms with Crippen molar-refractivity contribution < 1.29 is 9.90 Å². The monoisotopic (exact) mass is 342 g/mol. The Balaban J connectivity index is 2.38. The van der Waals surface area contributed by atoms with Crippen molar-refractivity contribution in [1.29, 1.82) is 0 Å². The van der Waals surface area contributed by atoms with Gasteiger partial charge >= 0.3 is 5.97 Å². The molecule has 0 saturated heterocycles. The highest BCUT2D eigenvalue weighted by molar-refractivity contribution is 6.42. The number of carboxylic acids is 1. The minimum Gasteiger partial charge on any atom is -0.481 e. The van der Waals surface area contributed by atoms with Crippen molar-refractivity contribution in [2.45, 2.75) is 19.3 Å². The lowest BCUT2D eigenvalue weighted by Crippen LogP contribution is -2.15. The van der Waals surface area contributed by atoms with Gasteiger partial charge in [0.05, 0.1) is 16.0 Å². The molecule has 5 heteroatoms. The predicted molar refractivity (Wildman–Crippen MR) is 86.7 cm³/mol. The summed E-state index contributed by atoms with van der Waals surface area (Å²) in [6.45, 7) is 1.87. The van der Waals surface area contributed by atoms with Crippen LogP contribution < -0.4 is 0 Å². The van der Waals surface area contributed by atoms with Crippen LogP contribution in [0, 0.1) is 6.92 Å². The predicted octanol–water partition coefficient (Wildman–Crippen LogP) is 5.37. The van der Waals surface area contributed by atoms with E-state index in [-0.39, 0.29) is 6.42 Å². The van der Waals surface area contributed by atoms with Gasteiger partial charge < -0.3 is 5.11 Å². The lowest BCUT2D eigenvalue weighted by atomic mass is 9.91. The molecule has 21 heavy (non-hydrogen) atoms. The molecule has 0 aliphatic heterocycles. The van der Waals surface area contributed by atoms with E-state index in [1.54, 1.807) is 30.3 Å². The van der Waals surface area contributed by atoms with Crippen molar-refractivity contribution in [3.8, 4) is 0 Å². The molecule has 0 aliphatic rings. The summed E-state index contributed by atoms with van der Waals surface area (Å²) < 4.78 is 0. The Bertz CT molecular complexity index is 683. The van der Waals surface area contributed by atoms with E-state index in [9.17, 15) is 9.90 Å². The average molecular weight is 344 g/mol. The van der Waals surface area contributed by atoms with Gasteiger partial charge in [-0.3, -0.25) is 4.79 Å².